The number of nitrogens with zero attached hydrogens (tertiary/aromatic N) is 1. The van der Waals surface area contributed by atoms with E-state index in [1.54, 1.807) is 0 Å². The summed E-state index contributed by atoms with van der Waals surface area (Å²) < 4.78 is 0. The Morgan fingerprint density at radius 1 is 1.54 bits per heavy atom. The fourth-order valence-electron chi connectivity index (χ4n) is 0.185. The molecule has 0 saturated carbocycles. The van der Waals surface area contributed by atoms with E-state index in [1.807, 2.05) is 33.0 Å². The zero-order valence-electron chi connectivity index (χ0n) is 8.66. The van der Waals surface area contributed by atoms with Crippen molar-refractivity contribution in [1.29, 1.82) is 0 Å². The summed E-state index contributed by atoms with van der Waals surface area (Å²) >= 11 is 0. The second-order valence-corrected chi connectivity index (χ2v) is 2.46. The molecule has 0 aliphatic heterocycles. The molecule has 0 aromatic rings. The fourth-order valence-corrected chi connectivity index (χ4v) is 0.185. The van der Waals surface area contributed by atoms with Crippen molar-refractivity contribution in [2.45, 2.75) is 6.92 Å². The van der Waals surface area contributed by atoms with E-state index >= 15 is 0 Å². The maximum Gasteiger partial charge on any atom is 0.348 e. The Balaban J connectivity index is -0.000000173. The second-order valence-electron chi connectivity index (χ2n) is 2.46. The lowest BCUT2D eigenvalue weighted by Crippen LogP contribution is -2.17. The Kier molecular flexibility index (Phi) is 19.6. The smallest absolute Gasteiger partial charge is 0.348 e. The highest BCUT2D eigenvalue weighted by Gasteiger charge is 1.89. The van der Waals surface area contributed by atoms with Gasteiger partial charge in [-0.25, -0.2) is 4.79 Å². The van der Waals surface area contributed by atoms with Crippen LogP contribution in [0.15, 0.2) is 12.7 Å². The van der Waals surface area contributed by atoms with E-state index in [2.05, 4.69) is 16.9 Å². The molecule has 0 heterocycles. The molecule has 0 amide bonds. The molecule has 0 fully saturated rings. The molecular formula is C8H19ClN2O2. The van der Waals surface area contributed by atoms with Crippen LogP contribution >= 0.6 is 12.4 Å². The third-order valence-electron chi connectivity index (χ3n) is 0.484. The average Bonchev–Trinajstić information content (AvgIpc) is 1.99. The minimum Gasteiger partial charge on any atom is -0.367 e. The van der Waals surface area contributed by atoms with Gasteiger partial charge in [0.1, 0.15) is 0 Å². The molecule has 0 unspecified atom stereocenters. The first-order valence-corrected chi connectivity index (χ1v) is 3.71. The van der Waals surface area contributed by atoms with Crippen molar-refractivity contribution in [3.63, 3.8) is 0 Å². The number of nitrogens with one attached hydrogen (secondary N) is 1. The van der Waals surface area contributed by atoms with Crippen LogP contribution in [-0.4, -0.2) is 38.6 Å². The Labute approximate surface area is 86.3 Å². The van der Waals surface area contributed by atoms with Gasteiger partial charge in [-0.05, 0) is 28.1 Å². The van der Waals surface area contributed by atoms with Crippen molar-refractivity contribution >= 4 is 18.4 Å². The number of carbonyl (C=O) groups is 1. The summed E-state index contributed by atoms with van der Waals surface area (Å²) in [6, 6.07) is 0. The van der Waals surface area contributed by atoms with E-state index in [4.69, 9.17) is 0 Å². The lowest BCUT2D eigenvalue weighted by Gasteiger charge is -1.96. The van der Waals surface area contributed by atoms with Crippen LogP contribution in [0.1, 0.15) is 6.92 Å². The number of halogens is 1. The van der Waals surface area contributed by atoms with E-state index in [-0.39, 0.29) is 12.4 Å². The highest BCUT2D eigenvalue weighted by atomic mass is 35.5. The van der Waals surface area contributed by atoms with Crippen LogP contribution in [-0.2, 0) is 9.63 Å². The molecule has 0 aliphatic rings. The highest BCUT2D eigenvalue weighted by Crippen LogP contribution is 1.70. The molecule has 0 aromatic carbocycles. The largest absolute Gasteiger partial charge is 0.367 e. The third-order valence-corrected chi connectivity index (χ3v) is 0.484. The lowest BCUT2D eigenvalue weighted by molar-refractivity contribution is -0.144. The number of hydrogen-bond acceptors (Lipinski definition) is 4. The quantitative estimate of drug-likeness (QED) is 0.554. The van der Waals surface area contributed by atoms with E-state index in [1.165, 1.54) is 0 Å². The molecule has 0 radical (unpaired) electrons. The average molecular weight is 211 g/mol. The molecule has 0 aromatic heterocycles. The first-order valence-electron chi connectivity index (χ1n) is 3.71. The monoisotopic (exact) mass is 210 g/mol. The van der Waals surface area contributed by atoms with Crippen molar-refractivity contribution in [2.24, 2.45) is 0 Å². The second kappa shape index (κ2) is 14.0. The fraction of sp³-hybridized carbons (Fsp3) is 0.625. The number of hydroxylamine groups is 1. The van der Waals surface area contributed by atoms with E-state index in [0.717, 1.165) is 6.08 Å². The molecule has 1 N–H and O–H groups in total. The van der Waals surface area contributed by atoms with Crippen LogP contribution < -0.4 is 5.48 Å². The summed E-state index contributed by atoms with van der Waals surface area (Å²) in [7, 11) is 6.00. The van der Waals surface area contributed by atoms with E-state index in [9.17, 15) is 4.79 Å². The normalized spacial score (nSPS) is 7.77. The molecule has 0 atom stereocenters. The van der Waals surface area contributed by atoms with Crippen LogP contribution in [0, 0.1) is 0 Å². The van der Waals surface area contributed by atoms with Gasteiger partial charge in [0.25, 0.3) is 0 Å². The van der Waals surface area contributed by atoms with Gasteiger partial charge in [0.15, 0.2) is 0 Å². The first kappa shape index (κ1) is 18.3. The molecule has 4 nitrogen and oxygen atoms in total. The van der Waals surface area contributed by atoms with Gasteiger partial charge in [-0.3, -0.25) is 0 Å². The van der Waals surface area contributed by atoms with Crippen LogP contribution in [0.25, 0.3) is 0 Å². The SMILES string of the molecule is C=CC(=O)ONCC.CN(C)C.Cl. The number of rotatable bonds is 3. The summed E-state index contributed by atoms with van der Waals surface area (Å²) in [5.74, 6) is -0.452. The van der Waals surface area contributed by atoms with Crippen molar-refractivity contribution in [3.8, 4) is 0 Å². The Morgan fingerprint density at radius 3 is 2.15 bits per heavy atom. The predicted molar refractivity (Wildman–Crippen MR) is 56.8 cm³/mol. The zero-order valence-corrected chi connectivity index (χ0v) is 9.48. The molecule has 0 bridgehead atoms. The molecule has 13 heavy (non-hydrogen) atoms. The van der Waals surface area contributed by atoms with Crippen molar-refractivity contribution < 1.29 is 9.63 Å². The molecule has 0 rings (SSSR count). The standard InChI is InChI=1S/C5H9NO2.C3H9N.ClH/c1-3-5(7)8-6-4-2;1-4(2)3;/h3,6H,1,4H2,2H3;1-3H3;1H. The number of hydrogen-bond donors (Lipinski definition) is 1. The topological polar surface area (TPSA) is 41.6 Å². The van der Waals surface area contributed by atoms with Crippen molar-refractivity contribution in [2.75, 3.05) is 27.7 Å². The minimum atomic E-state index is -0.452. The van der Waals surface area contributed by atoms with E-state index in [0.29, 0.717) is 6.54 Å². The molecule has 0 saturated heterocycles. The summed E-state index contributed by atoms with van der Waals surface area (Å²) in [6.45, 7) is 5.64. The first-order chi connectivity index (χ1) is 5.54. The van der Waals surface area contributed by atoms with E-state index < -0.39 is 5.97 Å². The van der Waals surface area contributed by atoms with Crippen LogP contribution in [0.3, 0.4) is 0 Å². The van der Waals surface area contributed by atoms with Gasteiger partial charge in [-0.2, -0.15) is 5.48 Å². The molecule has 5 heteroatoms. The molecule has 0 aliphatic carbocycles. The van der Waals surface area contributed by atoms with Gasteiger partial charge < -0.3 is 9.74 Å². The molecule has 80 valence electrons. The summed E-state index contributed by atoms with van der Waals surface area (Å²) in [4.78, 5) is 16.5. The maximum absolute atomic E-state index is 10.2. The maximum atomic E-state index is 10.2. The van der Waals surface area contributed by atoms with Crippen LogP contribution in [0.5, 0.6) is 0 Å². The third kappa shape index (κ3) is 34.5. The molecular weight excluding hydrogens is 192 g/mol. The lowest BCUT2D eigenvalue weighted by atomic mass is 10.7. The molecule has 0 spiro atoms. The number of carbonyl (C=O) groups excluding carboxylic acids is 1. The minimum absolute atomic E-state index is 0. The Bertz CT molecular complexity index is 127. The summed E-state index contributed by atoms with van der Waals surface area (Å²) in [6.07, 6.45) is 1.10. The van der Waals surface area contributed by atoms with Gasteiger partial charge >= 0.3 is 5.97 Å². The summed E-state index contributed by atoms with van der Waals surface area (Å²) in [5.41, 5.74) is 2.38. The summed E-state index contributed by atoms with van der Waals surface area (Å²) in [5, 5.41) is 0. The van der Waals surface area contributed by atoms with Crippen LogP contribution in [0.4, 0.5) is 0 Å². The van der Waals surface area contributed by atoms with Crippen molar-refractivity contribution in [3.05, 3.63) is 12.7 Å². The van der Waals surface area contributed by atoms with Gasteiger partial charge in [0.2, 0.25) is 0 Å². The van der Waals surface area contributed by atoms with Gasteiger partial charge in [0, 0.05) is 12.6 Å². The van der Waals surface area contributed by atoms with Crippen molar-refractivity contribution in [1.82, 2.24) is 10.4 Å². The predicted octanol–water partition coefficient (Wildman–Crippen LogP) is 0.840. The Morgan fingerprint density at radius 2 is 1.92 bits per heavy atom. The van der Waals surface area contributed by atoms with Gasteiger partial charge in [-0.15, -0.1) is 12.4 Å². The van der Waals surface area contributed by atoms with Gasteiger partial charge in [-0.1, -0.05) is 6.58 Å². The van der Waals surface area contributed by atoms with Gasteiger partial charge in [0.05, 0.1) is 0 Å². The van der Waals surface area contributed by atoms with Crippen LogP contribution in [0.2, 0.25) is 0 Å². The Hall–Kier alpha value is -0.580. The highest BCUT2D eigenvalue weighted by molar-refractivity contribution is 5.85. The zero-order chi connectivity index (χ0) is 9.98.